The number of hydrogen-bond donors (Lipinski definition) is 0. The summed E-state index contributed by atoms with van der Waals surface area (Å²) in [4.78, 5) is -0.627. The SMILES string of the molecule is CC(C)c1ccc(S(=O)(=O)CC(Cl)Cl)cc1. The lowest BCUT2D eigenvalue weighted by Gasteiger charge is -2.08. The summed E-state index contributed by atoms with van der Waals surface area (Å²) in [5.74, 6) is 0.127. The Morgan fingerprint density at radius 3 is 2.00 bits per heavy atom. The van der Waals surface area contributed by atoms with Gasteiger partial charge in [-0.2, -0.15) is 0 Å². The summed E-state index contributed by atoms with van der Waals surface area (Å²) in [5, 5.41) is 0. The summed E-state index contributed by atoms with van der Waals surface area (Å²) >= 11 is 11.0. The number of hydrogen-bond acceptors (Lipinski definition) is 2. The average Bonchev–Trinajstić information content (AvgIpc) is 2.16. The molecular weight excluding hydrogens is 267 g/mol. The van der Waals surface area contributed by atoms with E-state index in [0.29, 0.717) is 5.92 Å². The molecule has 0 heterocycles. The minimum Gasteiger partial charge on any atom is -0.224 e. The Morgan fingerprint density at radius 1 is 1.12 bits per heavy atom. The normalized spacial score (nSPS) is 12.4. The third-order valence-corrected chi connectivity index (χ3v) is 4.69. The van der Waals surface area contributed by atoms with Gasteiger partial charge in [0.25, 0.3) is 0 Å². The second kappa shape index (κ2) is 5.39. The molecule has 1 aromatic rings. The van der Waals surface area contributed by atoms with Crippen LogP contribution in [-0.4, -0.2) is 19.0 Å². The van der Waals surface area contributed by atoms with Gasteiger partial charge in [-0.05, 0) is 23.6 Å². The molecule has 5 heteroatoms. The van der Waals surface area contributed by atoms with Crippen LogP contribution in [-0.2, 0) is 9.84 Å². The van der Waals surface area contributed by atoms with Crippen LogP contribution in [0, 0.1) is 0 Å². The predicted octanol–water partition coefficient (Wildman–Crippen LogP) is 3.39. The molecule has 0 saturated carbocycles. The molecule has 0 aromatic heterocycles. The van der Waals surface area contributed by atoms with Gasteiger partial charge in [0.15, 0.2) is 9.84 Å². The smallest absolute Gasteiger partial charge is 0.181 e. The Balaban J connectivity index is 2.98. The molecule has 0 aliphatic rings. The van der Waals surface area contributed by atoms with Crippen LogP contribution in [0.4, 0.5) is 0 Å². The zero-order chi connectivity index (χ0) is 12.3. The fraction of sp³-hybridized carbons (Fsp3) is 0.455. The molecule has 0 aliphatic heterocycles. The number of rotatable bonds is 4. The van der Waals surface area contributed by atoms with Crippen molar-refractivity contribution in [3.63, 3.8) is 0 Å². The summed E-state index contributed by atoms with van der Waals surface area (Å²) in [7, 11) is -3.37. The first-order chi connectivity index (χ1) is 7.33. The molecule has 0 spiro atoms. The van der Waals surface area contributed by atoms with Crippen molar-refractivity contribution < 1.29 is 8.42 Å². The average molecular weight is 281 g/mol. The third kappa shape index (κ3) is 3.65. The van der Waals surface area contributed by atoms with Crippen molar-refractivity contribution in [3.05, 3.63) is 29.8 Å². The second-order valence-electron chi connectivity index (χ2n) is 3.90. The van der Waals surface area contributed by atoms with Gasteiger partial charge in [0, 0.05) is 0 Å². The van der Waals surface area contributed by atoms with E-state index < -0.39 is 14.7 Å². The second-order valence-corrected chi connectivity index (χ2v) is 7.21. The van der Waals surface area contributed by atoms with Crippen molar-refractivity contribution in [2.45, 2.75) is 29.5 Å². The lowest BCUT2D eigenvalue weighted by molar-refractivity contribution is 0.596. The molecule has 0 unspecified atom stereocenters. The topological polar surface area (TPSA) is 34.1 Å². The summed E-state index contributed by atoms with van der Waals surface area (Å²) in [6, 6.07) is 6.83. The van der Waals surface area contributed by atoms with Crippen LogP contribution < -0.4 is 0 Å². The Labute approximate surface area is 106 Å². The molecule has 0 fully saturated rings. The fourth-order valence-corrected chi connectivity index (χ4v) is 3.39. The summed E-state index contributed by atoms with van der Waals surface area (Å²) in [5.41, 5.74) is 1.10. The lowest BCUT2D eigenvalue weighted by Crippen LogP contribution is -2.12. The van der Waals surface area contributed by atoms with E-state index in [2.05, 4.69) is 13.8 Å². The summed E-state index contributed by atoms with van der Waals surface area (Å²) in [6.07, 6.45) is 0. The Bertz CT molecular complexity index is 436. The van der Waals surface area contributed by atoms with Crippen LogP contribution in [0.2, 0.25) is 0 Å². The van der Waals surface area contributed by atoms with Gasteiger partial charge in [-0.1, -0.05) is 26.0 Å². The first-order valence-electron chi connectivity index (χ1n) is 4.94. The first-order valence-corrected chi connectivity index (χ1v) is 7.46. The highest BCUT2D eigenvalue weighted by Gasteiger charge is 2.18. The van der Waals surface area contributed by atoms with Crippen LogP contribution >= 0.6 is 23.2 Å². The maximum absolute atomic E-state index is 11.8. The van der Waals surface area contributed by atoms with E-state index in [1.807, 2.05) is 12.1 Å². The number of benzene rings is 1. The van der Waals surface area contributed by atoms with Crippen molar-refractivity contribution in [2.75, 3.05) is 5.75 Å². The monoisotopic (exact) mass is 280 g/mol. The van der Waals surface area contributed by atoms with Crippen LogP contribution in [0.1, 0.15) is 25.3 Å². The lowest BCUT2D eigenvalue weighted by atomic mass is 10.0. The maximum Gasteiger partial charge on any atom is 0.181 e. The first kappa shape index (κ1) is 13.8. The maximum atomic E-state index is 11.8. The van der Waals surface area contributed by atoms with E-state index in [-0.39, 0.29) is 10.6 Å². The van der Waals surface area contributed by atoms with Crippen molar-refractivity contribution in [1.82, 2.24) is 0 Å². The van der Waals surface area contributed by atoms with Crippen LogP contribution in [0.5, 0.6) is 0 Å². The van der Waals surface area contributed by atoms with E-state index in [9.17, 15) is 8.42 Å². The highest BCUT2D eigenvalue weighted by molar-refractivity contribution is 7.91. The van der Waals surface area contributed by atoms with Crippen molar-refractivity contribution in [2.24, 2.45) is 0 Å². The minimum atomic E-state index is -3.37. The van der Waals surface area contributed by atoms with Crippen molar-refractivity contribution in [1.29, 1.82) is 0 Å². The molecule has 0 atom stereocenters. The quantitative estimate of drug-likeness (QED) is 0.793. The van der Waals surface area contributed by atoms with E-state index >= 15 is 0 Å². The predicted molar refractivity (Wildman–Crippen MR) is 68.1 cm³/mol. The summed E-state index contributed by atoms with van der Waals surface area (Å²) < 4.78 is 23.5. The zero-order valence-electron chi connectivity index (χ0n) is 9.15. The molecule has 16 heavy (non-hydrogen) atoms. The standard InChI is InChI=1S/C11H14Cl2O2S/c1-8(2)9-3-5-10(6-4-9)16(14,15)7-11(12)13/h3-6,8,11H,7H2,1-2H3. The molecule has 0 bridgehead atoms. The Morgan fingerprint density at radius 2 is 1.62 bits per heavy atom. The Kier molecular flexibility index (Phi) is 4.65. The van der Waals surface area contributed by atoms with Gasteiger partial charge in [-0.15, -0.1) is 23.2 Å². The van der Waals surface area contributed by atoms with Gasteiger partial charge in [-0.3, -0.25) is 0 Å². The molecule has 0 saturated heterocycles. The molecule has 0 radical (unpaired) electrons. The van der Waals surface area contributed by atoms with Gasteiger partial charge in [0.2, 0.25) is 0 Å². The van der Waals surface area contributed by atoms with E-state index in [0.717, 1.165) is 5.56 Å². The van der Waals surface area contributed by atoms with Gasteiger partial charge in [0.05, 0.1) is 10.6 Å². The van der Waals surface area contributed by atoms with Crippen LogP contribution in [0.25, 0.3) is 0 Å². The van der Waals surface area contributed by atoms with Gasteiger partial charge < -0.3 is 0 Å². The molecule has 90 valence electrons. The van der Waals surface area contributed by atoms with Gasteiger partial charge in [0.1, 0.15) is 4.84 Å². The number of halogens is 2. The van der Waals surface area contributed by atoms with Crippen LogP contribution in [0.15, 0.2) is 29.2 Å². The fourth-order valence-electron chi connectivity index (χ4n) is 1.32. The summed E-state index contributed by atoms with van der Waals surface area (Å²) in [6.45, 7) is 4.11. The zero-order valence-corrected chi connectivity index (χ0v) is 11.5. The highest BCUT2D eigenvalue weighted by atomic mass is 35.5. The van der Waals surface area contributed by atoms with Gasteiger partial charge >= 0.3 is 0 Å². The number of alkyl halides is 2. The molecule has 0 aliphatic carbocycles. The van der Waals surface area contributed by atoms with E-state index in [1.165, 1.54) is 0 Å². The molecule has 0 amide bonds. The van der Waals surface area contributed by atoms with Crippen molar-refractivity contribution in [3.8, 4) is 0 Å². The van der Waals surface area contributed by atoms with E-state index in [4.69, 9.17) is 23.2 Å². The molecular formula is C11H14Cl2O2S. The number of sulfone groups is 1. The van der Waals surface area contributed by atoms with Gasteiger partial charge in [-0.25, -0.2) is 8.42 Å². The molecule has 1 aromatic carbocycles. The Hall–Kier alpha value is -0.250. The minimum absolute atomic E-state index is 0.253. The third-order valence-electron chi connectivity index (χ3n) is 2.25. The highest BCUT2D eigenvalue weighted by Crippen LogP contribution is 2.19. The molecule has 0 N–H and O–H groups in total. The molecule has 1 rings (SSSR count). The molecule has 2 nitrogen and oxygen atoms in total. The largest absolute Gasteiger partial charge is 0.224 e. The van der Waals surface area contributed by atoms with E-state index in [1.54, 1.807) is 12.1 Å². The van der Waals surface area contributed by atoms with Crippen molar-refractivity contribution >= 4 is 33.0 Å². The van der Waals surface area contributed by atoms with Crippen LogP contribution in [0.3, 0.4) is 0 Å².